The molecule has 1 N–H and O–H groups in total. The first kappa shape index (κ1) is 20.0. The fourth-order valence-electron chi connectivity index (χ4n) is 3.26. The largest absolute Gasteiger partial charge is 0.338 e. The third kappa shape index (κ3) is 4.95. The lowest BCUT2D eigenvalue weighted by molar-refractivity contribution is -0.132. The lowest BCUT2D eigenvalue weighted by Gasteiger charge is -2.22. The van der Waals surface area contributed by atoms with Gasteiger partial charge in [0.1, 0.15) is 0 Å². The van der Waals surface area contributed by atoms with E-state index in [-0.39, 0.29) is 5.91 Å². The normalized spacial score (nSPS) is 10.8. The summed E-state index contributed by atoms with van der Waals surface area (Å²) in [5, 5.41) is 7.24. The number of benzene rings is 2. The van der Waals surface area contributed by atoms with Crippen molar-refractivity contribution in [1.82, 2.24) is 19.7 Å². The van der Waals surface area contributed by atoms with Gasteiger partial charge in [0.15, 0.2) is 10.6 Å². The average molecular weight is 395 g/mol. The van der Waals surface area contributed by atoms with Crippen molar-refractivity contribution >= 4 is 18.1 Å². The van der Waals surface area contributed by atoms with Crippen molar-refractivity contribution in [2.45, 2.75) is 39.8 Å². The summed E-state index contributed by atoms with van der Waals surface area (Å²) >= 11 is 5.40. The van der Waals surface area contributed by atoms with E-state index in [9.17, 15) is 4.79 Å². The lowest BCUT2D eigenvalue weighted by atomic mass is 10.1. The van der Waals surface area contributed by atoms with Crippen molar-refractivity contribution in [2.75, 3.05) is 6.54 Å². The van der Waals surface area contributed by atoms with Gasteiger partial charge in [-0.2, -0.15) is 5.10 Å². The zero-order valence-corrected chi connectivity index (χ0v) is 17.2. The maximum atomic E-state index is 12.9. The molecule has 0 spiro atoms. The van der Waals surface area contributed by atoms with Crippen molar-refractivity contribution in [3.8, 4) is 11.4 Å². The first-order valence-corrected chi connectivity index (χ1v) is 10.0. The highest BCUT2D eigenvalue weighted by Gasteiger charge is 2.15. The van der Waals surface area contributed by atoms with E-state index < -0.39 is 0 Å². The van der Waals surface area contributed by atoms with Crippen LogP contribution in [0.4, 0.5) is 0 Å². The zero-order chi connectivity index (χ0) is 19.9. The molecule has 0 saturated heterocycles. The molecule has 0 radical (unpaired) electrons. The number of amides is 1. The fraction of sp³-hybridized carbons (Fsp3) is 0.318. The molecule has 0 aliphatic rings. The molecule has 1 amide bonds. The number of hydrogen-bond acceptors (Lipinski definition) is 3. The maximum Gasteiger partial charge on any atom is 0.224 e. The van der Waals surface area contributed by atoms with E-state index in [1.54, 1.807) is 0 Å². The molecule has 146 valence electrons. The zero-order valence-electron chi connectivity index (χ0n) is 16.4. The van der Waals surface area contributed by atoms with Crippen LogP contribution < -0.4 is 0 Å². The molecule has 0 unspecified atom stereocenters. The summed E-state index contributed by atoms with van der Waals surface area (Å²) in [6, 6.07) is 18.2. The molecule has 0 saturated carbocycles. The number of nitrogens with one attached hydrogen (secondary N) is 1. The molecule has 3 aromatic rings. The summed E-state index contributed by atoms with van der Waals surface area (Å²) in [6.07, 6.45) is 1.32. The third-order valence-electron chi connectivity index (χ3n) is 4.65. The minimum Gasteiger partial charge on any atom is -0.338 e. The Morgan fingerprint density at radius 3 is 2.68 bits per heavy atom. The smallest absolute Gasteiger partial charge is 0.224 e. The molecule has 2 aromatic carbocycles. The number of aromatic nitrogens is 3. The van der Waals surface area contributed by atoms with Gasteiger partial charge in [-0.05, 0) is 37.2 Å². The molecule has 28 heavy (non-hydrogen) atoms. The monoisotopic (exact) mass is 394 g/mol. The Hall–Kier alpha value is -2.73. The highest BCUT2D eigenvalue weighted by molar-refractivity contribution is 7.71. The number of rotatable bonds is 8. The Bertz CT molecular complexity index is 977. The summed E-state index contributed by atoms with van der Waals surface area (Å²) in [6.45, 7) is 6.02. The molecule has 1 heterocycles. The van der Waals surface area contributed by atoms with Crippen LogP contribution in [0, 0.1) is 11.7 Å². The van der Waals surface area contributed by atoms with Gasteiger partial charge in [0, 0.05) is 31.6 Å². The molecule has 0 atom stereocenters. The molecule has 6 heteroatoms. The first-order valence-electron chi connectivity index (χ1n) is 9.62. The summed E-state index contributed by atoms with van der Waals surface area (Å²) in [5.74, 6) is 0.899. The molecule has 0 aliphatic carbocycles. The van der Waals surface area contributed by atoms with Crippen molar-refractivity contribution in [3.05, 3.63) is 70.5 Å². The number of aromatic amines is 1. The quantitative estimate of drug-likeness (QED) is 0.561. The van der Waals surface area contributed by atoms with Crippen LogP contribution in [-0.2, 0) is 17.9 Å². The highest BCUT2D eigenvalue weighted by Crippen LogP contribution is 2.19. The second-order valence-electron chi connectivity index (χ2n) is 6.92. The van der Waals surface area contributed by atoms with E-state index >= 15 is 0 Å². The second kappa shape index (κ2) is 9.46. The van der Waals surface area contributed by atoms with Crippen LogP contribution in [-0.4, -0.2) is 32.1 Å². The third-order valence-corrected chi connectivity index (χ3v) is 4.96. The number of H-pyrrole nitrogens is 1. The number of carbonyl (C=O) groups is 1. The van der Waals surface area contributed by atoms with E-state index in [0.717, 1.165) is 35.5 Å². The van der Waals surface area contributed by atoms with Crippen molar-refractivity contribution in [3.63, 3.8) is 0 Å². The minimum absolute atomic E-state index is 0.129. The van der Waals surface area contributed by atoms with Gasteiger partial charge in [0.2, 0.25) is 5.91 Å². The number of hydrogen-bond donors (Lipinski definition) is 1. The Labute approximate surface area is 171 Å². The van der Waals surface area contributed by atoms with E-state index in [2.05, 4.69) is 35.3 Å². The van der Waals surface area contributed by atoms with Gasteiger partial charge in [0.25, 0.3) is 0 Å². The Balaban J connectivity index is 1.73. The lowest BCUT2D eigenvalue weighted by Crippen LogP contribution is -2.32. The predicted molar refractivity (Wildman–Crippen MR) is 114 cm³/mol. The van der Waals surface area contributed by atoms with Crippen LogP contribution in [0.5, 0.6) is 0 Å². The number of carbonyl (C=O) groups excluding carboxylic acids is 1. The molecule has 1 aromatic heterocycles. The van der Waals surface area contributed by atoms with Crippen LogP contribution in [0.15, 0.2) is 54.6 Å². The van der Waals surface area contributed by atoms with Gasteiger partial charge in [-0.1, -0.05) is 61.0 Å². The van der Waals surface area contributed by atoms with Gasteiger partial charge in [-0.15, -0.1) is 0 Å². The summed E-state index contributed by atoms with van der Waals surface area (Å²) in [7, 11) is 0. The average Bonchev–Trinajstić information content (AvgIpc) is 3.07. The SMILES string of the molecule is CCCN(Cc1ccccc1)C(=O)CCn1c(-c2cccc(C)c2)n[nH]c1=S. The molecule has 0 bridgehead atoms. The topological polar surface area (TPSA) is 53.9 Å². The first-order chi connectivity index (χ1) is 13.6. The van der Waals surface area contributed by atoms with Crippen molar-refractivity contribution < 1.29 is 4.79 Å². The predicted octanol–water partition coefficient (Wildman–Crippen LogP) is 4.75. The van der Waals surface area contributed by atoms with E-state index in [4.69, 9.17) is 12.2 Å². The van der Waals surface area contributed by atoms with Crippen LogP contribution in [0.3, 0.4) is 0 Å². The van der Waals surface area contributed by atoms with E-state index in [1.807, 2.05) is 52.8 Å². The minimum atomic E-state index is 0.129. The van der Waals surface area contributed by atoms with Gasteiger partial charge in [-0.3, -0.25) is 14.5 Å². The fourth-order valence-corrected chi connectivity index (χ4v) is 3.48. The Morgan fingerprint density at radius 2 is 1.96 bits per heavy atom. The molecule has 5 nitrogen and oxygen atoms in total. The summed E-state index contributed by atoms with van der Waals surface area (Å²) < 4.78 is 2.45. The molecular formula is C22H26N4OS. The van der Waals surface area contributed by atoms with Gasteiger partial charge < -0.3 is 4.90 Å². The molecule has 3 rings (SSSR count). The standard InChI is InChI=1S/C22H26N4OS/c1-3-13-25(16-18-9-5-4-6-10-18)20(27)12-14-26-21(23-24-22(26)28)19-11-7-8-17(2)15-19/h4-11,15H,3,12-14,16H2,1-2H3,(H,24,28). The van der Waals surface area contributed by atoms with Crippen molar-refractivity contribution in [1.29, 1.82) is 0 Å². The van der Waals surface area contributed by atoms with Crippen molar-refractivity contribution in [2.24, 2.45) is 0 Å². The number of nitrogens with zero attached hydrogens (tertiary/aromatic N) is 3. The molecular weight excluding hydrogens is 368 g/mol. The molecule has 0 aliphatic heterocycles. The van der Waals surface area contributed by atoms with Crippen LogP contribution in [0.2, 0.25) is 0 Å². The van der Waals surface area contributed by atoms with Gasteiger partial charge in [-0.25, -0.2) is 0 Å². The van der Waals surface area contributed by atoms with Gasteiger partial charge >= 0.3 is 0 Å². The summed E-state index contributed by atoms with van der Waals surface area (Å²) in [5.41, 5.74) is 3.30. The Kier molecular flexibility index (Phi) is 6.76. The van der Waals surface area contributed by atoms with Crippen LogP contribution in [0.1, 0.15) is 30.9 Å². The van der Waals surface area contributed by atoms with E-state index in [0.29, 0.717) is 24.3 Å². The Morgan fingerprint density at radius 1 is 1.18 bits per heavy atom. The second-order valence-corrected chi connectivity index (χ2v) is 7.31. The van der Waals surface area contributed by atoms with Crippen LogP contribution in [0.25, 0.3) is 11.4 Å². The van der Waals surface area contributed by atoms with E-state index in [1.165, 1.54) is 0 Å². The van der Waals surface area contributed by atoms with Crippen LogP contribution >= 0.6 is 12.2 Å². The maximum absolute atomic E-state index is 12.9. The molecule has 0 fully saturated rings. The highest BCUT2D eigenvalue weighted by atomic mass is 32.1. The van der Waals surface area contributed by atoms with Gasteiger partial charge in [0.05, 0.1) is 0 Å². The number of aryl methyl sites for hydroxylation is 1. The summed E-state index contributed by atoms with van der Waals surface area (Å²) in [4.78, 5) is 14.8.